The molecule has 0 bridgehead atoms. The lowest BCUT2D eigenvalue weighted by atomic mass is 10.1. The summed E-state index contributed by atoms with van der Waals surface area (Å²) < 4.78 is 0. The van der Waals surface area contributed by atoms with E-state index in [2.05, 4.69) is 5.32 Å². The number of aliphatic hydroxyl groups excluding tert-OH is 1. The van der Waals surface area contributed by atoms with Crippen molar-refractivity contribution in [2.75, 3.05) is 6.61 Å². The van der Waals surface area contributed by atoms with Crippen LogP contribution in [0.25, 0.3) is 0 Å². The number of aliphatic hydroxyl groups is 1. The summed E-state index contributed by atoms with van der Waals surface area (Å²) in [5.74, 6) is -0.0858. The molecule has 15 heavy (non-hydrogen) atoms. The van der Waals surface area contributed by atoms with E-state index in [4.69, 9.17) is 10.8 Å². The average Bonchev–Trinajstić information content (AvgIpc) is 2.15. The Morgan fingerprint density at radius 1 is 1.47 bits per heavy atom. The Hall–Kier alpha value is -0.320. The standard InChI is InChI=1S/C10H22N2O2.ClH/c1-3-5-9(11)10(14)12-8(2)6-4-7-13;/h8-9,13H,3-7,11H2,1-2H3,(H,12,14);1H. The molecule has 0 saturated heterocycles. The van der Waals surface area contributed by atoms with E-state index in [1.165, 1.54) is 0 Å². The van der Waals surface area contributed by atoms with Gasteiger partial charge in [0.15, 0.2) is 0 Å². The van der Waals surface area contributed by atoms with Crippen molar-refractivity contribution in [2.24, 2.45) is 5.73 Å². The fourth-order valence-corrected chi connectivity index (χ4v) is 1.26. The van der Waals surface area contributed by atoms with Crippen LogP contribution in [-0.4, -0.2) is 29.7 Å². The predicted molar refractivity (Wildman–Crippen MR) is 64.1 cm³/mol. The molecule has 0 aromatic rings. The zero-order chi connectivity index (χ0) is 11.0. The third-order valence-corrected chi connectivity index (χ3v) is 2.12. The Balaban J connectivity index is 0. The van der Waals surface area contributed by atoms with E-state index in [1.54, 1.807) is 0 Å². The molecule has 0 fully saturated rings. The van der Waals surface area contributed by atoms with Gasteiger partial charge in [-0.25, -0.2) is 0 Å². The first-order valence-corrected chi connectivity index (χ1v) is 5.28. The molecule has 1 amide bonds. The number of hydrogen-bond donors (Lipinski definition) is 3. The Morgan fingerprint density at radius 3 is 2.53 bits per heavy atom. The van der Waals surface area contributed by atoms with Crippen LogP contribution in [0.2, 0.25) is 0 Å². The van der Waals surface area contributed by atoms with Gasteiger partial charge in [-0.3, -0.25) is 4.79 Å². The van der Waals surface area contributed by atoms with E-state index in [0.717, 1.165) is 19.3 Å². The molecule has 4 N–H and O–H groups in total. The maximum Gasteiger partial charge on any atom is 0.237 e. The van der Waals surface area contributed by atoms with Crippen molar-refractivity contribution >= 4 is 18.3 Å². The van der Waals surface area contributed by atoms with Crippen LogP contribution in [0.1, 0.15) is 39.5 Å². The molecule has 0 rings (SSSR count). The first-order chi connectivity index (χ1) is 6.61. The molecular formula is C10H23ClN2O2. The van der Waals surface area contributed by atoms with Gasteiger partial charge in [0.1, 0.15) is 0 Å². The number of carbonyl (C=O) groups excluding carboxylic acids is 1. The van der Waals surface area contributed by atoms with Gasteiger partial charge in [0.25, 0.3) is 0 Å². The van der Waals surface area contributed by atoms with E-state index in [-0.39, 0.29) is 31.0 Å². The van der Waals surface area contributed by atoms with Gasteiger partial charge in [-0.05, 0) is 26.2 Å². The van der Waals surface area contributed by atoms with Crippen LogP contribution in [0.4, 0.5) is 0 Å². The lowest BCUT2D eigenvalue weighted by Crippen LogP contribution is -2.44. The summed E-state index contributed by atoms with van der Waals surface area (Å²) in [5.41, 5.74) is 5.64. The van der Waals surface area contributed by atoms with Crippen LogP contribution in [0, 0.1) is 0 Å². The number of nitrogens with two attached hydrogens (primary N) is 1. The minimum atomic E-state index is -0.392. The molecule has 2 atom stereocenters. The van der Waals surface area contributed by atoms with Crippen molar-refractivity contribution in [3.05, 3.63) is 0 Å². The van der Waals surface area contributed by atoms with Gasteiger partial charge in [0.05, 0.1) is 6.04 Å². The molecule has 0 aromatic heterocycles. The Morgan fingerprint density at radius 2 is 2.07 bits per heavy atom. The van der Waals surface area contributed by atoms with Crippen LogP contribution in [0.15, 0.2) is 0 Å². The van der Waals surface area contributed by atoms with Crippen LogP contribution in [-0.2, 0) is 4.79 Å². The molecule has 0 aliphatic carbocycles. The van der Waals surface area contributed by atoms with E-state index in [1.807, 2.05) is 13.8 Å². The topological polar surface area (TPSA) is 75.4 Å². The second-order valence-corrected chi connectivity index (χ2v) is 3.67. The first kappa shape index (κ1) is 17.1. The van der Waals surface area contributed by atoms with E-state index in [0.29, 0.717) is 6.42 Å². The minimum absolute atomic E-state index is 0. The van der Waals surface area contributed by atoms with E-state index >= 15 is 0 Å². The van der Waals surface area contributed by atoms with Crippen molar-refractivity contribution in [3.8, 4) is 0 Å². The number of carbonyl (C=O) groups is 1. The average molecular weight is 239 g/mol. The van der Waals surface area contributed by atoms with Gasteiger partial charge in [-0.15, -0.1) is 12.4 Å². The molecule has 0 aromatic carbocycles. The second-order valence-electron chi connectivity index (χ2n) is 3.67. The Kier molecular flexibility index (Phi) is 11.6. The molecule has 92 valence electrons. The van der Waals surface area contributed by atoms with Crippen molar-refractivity contribution in [2.45, 2.75) is 51.6 Å². The molecular weight excluding hydrogens is 216 g/mol. The van der Waals surface area contributed by atoms with Gasteiger partial charge in [-0.1, -0.05) is 13.3 Å². The third kappa shape index (κ3) is 8.66. The molecule has 0 saturated carbocycles. The van der Waals surface area contributed by atoms with Gasteiger partial charge in [0.2, 0.25) is 5.91 Å². The SMILES string of the molecule is CCCC(N)C(=O)NC(C)CCCO.Cl. The minimum Gasteiger partial charge on any atom is -0.396 e. The Bertz CT molecular complexity index is 168. The number of nitrogens with one attached hydrogen (secondary N) is 1. The summed E-state index contributed by atoms with van der Waals surface area (Å²) in [6.45, 7) is 4.09. The maximum atomic E-state index is 11.4. The van der Waals surface area contributed by atoms with Gasteiger partial charge in [0, 0.05) is 12.6 Å². The largest absolute Gasteiger partial charge is 0.396 e. The van der Waals surface area contributed by atoms with E-state index in [9.17, 15) is 4.79 Å². The van der Waals surface area contributed by atoms with Crippen LogP contribution < -0.4 is 11.1 Å². The summed E-state index contributed by atoms with van der Waals surface area (Å²) in [7, 11) is 0. The maximum absolute atomic E-state index is 11.4. The highest BCUT2D eigenvalue weighted by atomic mass is 35.5. The predicted octanol–water partition coefficient (Wildman–Crippen LogP) is 0.813. The van der Waals surface area contributed by atoms with Gasteiger partial charge in [-0.2, -0.15) is 0 Å². The number of hydrogen-bond acceptors (Lipinski definition) is 3. The second kappa shape index (κ2) is 10.2. The molecule has 5 heteroatoms. The fourth-order valence-electron chi connectivity index (χ4n) is 1.26. The highest BCUT2D eigenvalue weighted by Crippen LogP contribution is 1.98. The lowest BCUT2D eigenvalue weighted by Gasteiger charge is -2.16. The van der Waals surface area contributed by atoms with Gasteiger partial charge < -0.3 is 16.2 Å². The molecule has 2 unspecified atom stereocenters. The van der Waals surface area contributed by atoms with Crippen molar-refractivity contribution < 1.29 is 9.90 Å². The monoisotopic (exact) mass is 238 g/mol. The molecule has 0 spiro atoms. The smallest absolute Gasteiger partial charge is 0.237 e. The van der Waals surface area contributed by atoms with Gasteiger partial charge >= 0.3 is 0 Å². The molecule has 4 nitrogen and oxygen atoms in total. The Labute approximate surface area is 98.0 Å². The highest BCUT2D eigenvalue weighted by molar-refractivity contribution is 5.85. The highest BCUT2D eigenvalue weighted by Gasteiger charge is 2.13. The number of amides is 1. The van der Waals surface area contributed by atoms with Crippen LogP contribution >= 0.6 is 12.4 Å². The zero-order valence-electron chi connectivity index (χ0n) is 9.53. The summed E-state index contributed by atoms with van der Waals surface area (Å²) in [4.78, 5) is 11.4. The molecule has 0 aliphatic rings. The van der Waals surface area contributed by atoms with Crippen molar-refractivity contribution in [1.29, 1.82) is 0 Å². The quantitative estimate of drug-likeness (QED) is 0.615. The summed E-state index contributed by atoms with van der Waals surface area (Å²) >= 11 is 0. The van der Waals surface area contributed by atoms with E-state index < -0.39 is 6.04 Å². The van der Waals surface area contributed by atoms with Crippen molar-refractivity contribution in [1.82, 2.24) is 5.32 Å². The van der Waals surface area contributed by atoms with Crippen molar-refractivity contribution in [3.63, 3.8) is 0 Å². The molecule has 0 radical (unpaired) electrons. The molecule has 0 heterocycles. The fraction of sp³-hybridized carbons (Fsp3) is 0.900. The number of halogens is 1. The zero-order valence-corrected chi connectivity index (χ0v) is 10.3. The number of rotatable bonds is 7. The lowest BCUT2D eigenvalue weighted by molar-refractivity contribution is -0.123. The van der Waals surface area contributed by atoms with Crippen LogP contribution in [0.5, 0.6) is 0 Å². The first-order valence-electron chi connectivity index (χ1n) is 5.28. The molecule has 0 aliphatic heterocycles. The normalized spacial score (nSPS) is 13.9. The van der Waals surface area contributed by atoms with Crippen LogP contribution in [0.3, 0.4) is 0 Å². The summed E-state index contributed by atoms with van der Waals surface area (Å²) in [5, 5.41) is 11.4. The summed E-state index contributed by atoms with van der Waals surface area (Å²) in [6.07, 6.45) is 3.14. The summed E-state index contributed by atoms with van der Waals surface area (Å²) in [6, 6.07) is -0.297. The third-order valence-electron chi connectivity index (χ3n) is 2.12.